The van der Waals surface area contributed by atoms with Crippen molar-refractivity contribution in [3.63, 3.8) is 0 Å². The summed E-state index contributed by atoms with van der Waals surface area (Å²) < 4.78 is 5.08. The van der Waals surface area contributed by atoms with Crippen molar-refractivity contribution in [2.45, 2.75) is 0 Å². The zero-order valence-electron chi connectivity index (χ0n) is 11.8. The number of nitrogens with zero attached hydrogens (tertiary/aromatic N) is 3. The molecule has 0 aliphatic rings. The van der Waals surface area contributed by atoms with E-state index < -0.39 is 0 Å². The highest BCUT2D eigenvalue weighted by molar-refractivity contribution is 5.67. The minimum atomic E-state index is -0.349. The van der Waals surface area contributed by atoms with Gasteiger partial charge in [-0.3, -0.25) is 20.0 Å². The quantitative estimate of drug-likeness (QED) is 0.723. The van der Waals surface area contributed by atoms with Crippen molar-refractivity contribution in [2.75, 3.05) is 7.11 Å². The van der Waals surface area contributed by atoms with E-state index in [0.29, 0.717) is 17.1 Å². The van der Waals surface area contributed by atoms with Crippen molar-refractivity contribution in [1.82, 2.24) is 15.2 Å². The molecule has 3 aromatic rings. The molecule has 0 amide bonds. The number of hydrogen-bond donors (Lipinski definition) is 2. The third-order valence-electron chi connectivity index (χ3n) is 3.01. The second-order valence-corrected chi connectivity index (χ2v) is 4.42. The SMILES string of the molecule is COc1ccc(N=Nc2c(-c3ccccn3)[nH][nH]c2=O)cc1. The Kier molecular flexibility index (Phi) is 3.78. The predicted molar refractivity (Wildman–Crippen MR) is 81.8 cm³/mol. The first kappa shape index (κ1) is 13.7. The van der Waals surface area contributed by atoms with E-state index in [0.717, 1.165) is 5.75 Å². The normalized spacial score (nSPS) is 11.0. The molecule has 0 radical (unpaired) electrons. The molecule has 22 heavy (non-hydrogen) atoms. The van der Waals surface area contributed by atoms with Gasteiger partial charge in [0.05, 0.1) is 18.5 Å². The molecule has 2 N–H and O–H groups in total. The predicted octanol–water partition coefficient (Wildman–Crippen LogP) is 3.19. The van der Waals surface area contributed by atoms with Gasteiger partial charge >= 0.3 is 0 Å². The molecule has 0 atom stereocenters. The summed E-state index contributed by atoms with van der Waals surface area (Å²) in [5.41, 5.74) is 1.58. The summed E-state index contributed by atoms with van der Waals surface area (Å²) in [6.07, 6.45) is 1.64. The van der Waals surface area contributed by atoms with Crippen LogP contribution in [-0.2, 0) is 0 Å². The second kappa shape index (κ2) is 6.04. The minimum absolute atomic E-state index is 0.189. The van der Waals surface area contributed by atoms with Crippen LogP contribution in [-0.4, -0.2) is 22.3 Å². The Labute approximate surface area is 125 Å². The molecule has 0 aliphatic heterocycles. The second-order valence-electron chi connectivity index (χ2n) is 4.42. The molecular weight excluding hydrogens is 282 g/mol. The number of aromatic nitrogens is 3. The lowest BCUT2D eigenvalue weighted by atomic mass is 10.2. The Morgan fingerprint density at radius 3 is 2.55 bits per heavy atom. The highest BCUT2D eigenvalue weighted by Crippen LogP contribution is 2.25. The van der Waals surface area contributed by atoms with Gasteiger partial charge in [0.15, 0.2) is 5.69 Å². The third kappa shape index (κ3) is 2.78. The number of methoxy groups -OCH3 is 1. The van der Waals surface area contributed by atoms with Crippen LogP contribution in [0.2, 0.25) is 0 Å². The maximum atomic E-state index is 11.8. The van der Waals surface area contributed by atoms with Gasteiger partial charge in [0.2, 0.25) is 0 Å². The number of aromatic amines is 2. The molecule has 2 aromatic heterocycles. The number of hydrogen-bond acceptors (Lipinski definition) is 5. The first-order valence-electron chi connectivity index (χ1n) is 6.56. The van der Waals surface area contributed by atoms with Crippen LogP contribution in [0, 0.1) is 0 Å². The number of nitrogens with one attached hydrogen (secondary N) is 2. The van der Waals surface area contributed by atoms with Crippen molar-refractivity contribution in [1.29, 1.82) is 0 Å². The highest BCUT2D eigenvalue weighted by atomic mass is 16.5. The molecule has 110 valence electrons. The standard InChI is InChI=1S/C15H13N5O2/c1-22-11-7-5-10(6-8-11)17-19-14-13(18-20-15(14)21)12-4-2-3-9-16-12/h2-9H,1H3,(H2,18,20,21). The summed E-state index contributed by atoms with van der Waals surface area (Å²) >= 11 is 0. The van der Waals surface area contributed by atoms with Crippen LogP contribution in [0.25, 0.3) is 11.4 Å². The monoisotopic (exact) mass is 295 g/mol. The maximum Gasteiger partial charge on any atom is 0.292 e. The lowest BCUT2D eigenvalue weighted by Crippen LogP contribution is -1.96. The molecule has 1 aromatic carbocycles. The highest BCUT2D eigenvalue weighted by Gasteiger charge is 2.12. The zero-order valence-corrected chi connectivity index (χ0v) is 11.8. The number of H-pyrrole nitrogens is 2. The molecule has 0 saturated carbocycles. The van der Waals surface area contributed by atoms with Gasteiger partial charge in [-0.1, -0.05) is 6.07 Å². The molecule has 2 heterocycles. The molecule has 0 fully saturated rings. The van der Waals surface area contributed by atoms with E-state index in [-0.39, 0.29) is 11.2 Å². The molecule has 0 bridgehead atoms. The molecule has 0 unspecified atom stereocenters. The van der Waals surface area contributed by atoms with Crippen molar-refractivity contribution in [3.05, 3.63) is 59.0 Å². The summed E-state index contributed by atoms with van der Waals surface area (Å²) in [6, 6.07) is 12.5. The average Bonchev–Trinajstić information content (AvgIpc) is 2.95. The third-order valence-corrected chi connectivity index (χ3v) is 3.01. The Hall–Kier alpha value is -3.22. The first-order valence-corrected chi connectivity index (χ1v) is 6.56. The fraction of sp³-hybridized carbons (Fsp3) is 0.0667. The number of benzene rings is 1. The number of rotatable bonds is 4. The van der Waals surface area contributed by atoms with Crippen LogP contribution in [0.4, 0.5) is 11.4 Å². The van der Waals surface area contributed by atoms with E-state index in [4.69, 9.17) is 4.74 Å². The van der Waals surface area contributed by atoms with E-state index in [1.165, 1.54) is 0 Å². The number of pyridine rings is 1. The number of azo groups is 1. The first-order chi connectivity index (χ1) is 10.8. The average molecular weight is 295 g/mol. The molecular formula is C15H13N5O2. The molecule has 3 rings (SSSR count). The van der Waals surface area contributed by atoms with E-state index in [9.17, 15) is 4.79 Å². The Bertz CT molecular complexity index is 834. The summed E-state index contributed by atoms with van der Waals surface area (Å²) in [7, 11) is 1.59. The zero-order chi connectivity index (χ0) is 15.4. The Morgan fingerprint density at radius 2 is 1.86 bits per heavy atom. The van der Waals surface area contributed by atoms with Gasteiger partial charge < -0.3 is 4.74 Å². The fourth-order valence-electron chi connectivity index (χ4n) is 1.90. The van der Waals surface area contributed by atoms with Crippen LogP contribution < -0.4 is 10.3 Å². The van der Waals surface area contributed by atoms with E-state index in [2.05, 4.69) is 25.4 Å². The van der Waals surface area contributed by atoms with Gasteiger partial charge in [-0.2, -0.15) is 5.11 Å². The van der Waals surface area contributed by atoms with Crippen LogP contribution in [0.15, 0.2) is 63.7 Å². The van der Waals surface area contributed by atoms with Gasteiger partial charge in [-0.15, -0.1) is 5.11 Å². The molecule has 7 heteroatoms. The summed E-state index contributed by atoms with van der Waals surface area (Å²) in [5.74, 6) is 0.729. The summed E-state index contributed by atoms with van der Waals surface area (Å²) in [4.78, 5) is 16.0. The van der Waals surface area contributed by atoms with Gasteiger partial charge in [0, 0.05) is 6.20 Å². The van der Waals surface area contributed by atoms with Crippen LogP contribution in [0.3, 0.4) is 0 Å². The van der Waals surface area contributed by atoms with Crippen molar-refractivity contribution < 1.29 is 4.74 Å². The fourth-order valence-corrected chi connectivity index (χ4v) is 1.90. The summed E-state index contributed by atoms with van der Waals surface area (Å²) in [6.45, 7) is 0. The van der Waals surface area contributed by atoms with Gasteiger partial charge in [-0.05, 0) is 36.4 Å². The van der Waals surface area contributed by atoms with Crippen molar-refractivity contribution in [2.24, 2.45) is 10.2 Å². The number of ether oxygens (including phenoxy) is 1. The van der Waals surface area contributed by atoms with Crippen molar-refractivity contribution in [3.8, 4) is 17.1 Å². The van der Waals surface area contributed by atoms with Crippen LogP contribution in [0.5, 0.6) is 5.75 Å². The van der Waals surface area contributed by atoms with Crippen LogP contribution in [0.1, 0.15) is 0 Å². The van der Waals surface area contributed by atoms with Gasteiger partial charge in [0.1, 0.15) is 11.4 Å². The smallest absolute Gasteiger partial charge is 0.292 e. The van der Waals surface area contributed by atoms with Gasteiger partial charge in [-0.25, -0.2) is 0 Å². The van der Waals surface area contributed by atoms with E-state index in [1.54, 1.807) is 49.7 Å². The molecule has 0 spiro atoms. The van der Waals surface area contributed by atoms with Crippen LogP contribution >= 0.6 is 0 Å². The largest absolute Gasteiger partial charge is 0.497 e. The lowest BCUT2D eigenvalue weighted by molar-refractivity contribution is 0.415. The van der Waals surface area contributed by atoms with Gasteiger partial charge in [0.25, 0.3) is 5.56 Å². The van der Waals surface area contributed by atoms with Crippen molar-refractivity contribution >= 4 is 11.4 Å². The van der Waals surface area contributed by atoms with E-state index >= 15 is 0 Å². The van der Waals surface area contributed by atoms with E-state index in [1.807, 2.05) is 6.07 Å². The Balaban J connectivity index is 1.93. The molecule has 0 aliphatic carbocycles. The lowest BCUT2D eigenvalue weighted by Gasteiger charge is -1.98. The Morgan fingerprint density at radius 1 is 1.05 bits per heavy atom. The molecule has 0 saturated heterocycles. The summed E-state index contributed by atoms with van der Waals surface area (Å²) in [5, 5.41) is 13.4. The maximum absolute atomic E-state index is 11.8. The minimum Gasteiger partial charge on any atom is -0.497 e. The molecule has 7 nitrogen and oxygen atoms in total. The topological polar surface area (TPSA) is 95.5 Å².